The maximum atomic E-state index is 13.3. The van der Waals surface area contributed by atoms with E-state index < -0.39 is 17.0 Å². The van der Waals surface area contributed by atoms with E-state index in [9.17, 15) is 9.59 Å². The number of carbonyl (C=O) groups excluding carboxylic acids is 2. The van der Waals surface area contributed by atoms with Crippen LogP contribution in [0.15, 0.2) is 71.3 Å². The Morgan fingerprint density at radius 1 is 1.10 bits per heavy atom. The molecule has 0 spiro atoms. The standard InChI is InChI=1S/C31H32BrN3O4/c1-5-38-28(36)21-17-23(32)27-34-25(26(35(27)18-21)20-9-7-6-8-10-20)19-11-13-22(14-12-19)31(16-15-24(31)33)29(37)39-30(2,3)4/h6-14,17-18,24H,5,15-16,33H2,1-4H3. The molecule has 1 saturated carbocycles. The van der Waals surface area contributed by atoms with Gasteiger partial charge in [-0.1, -0.05) is 54.6 Å². The van der Waals surface area contributed by atoms with E-state index in [1.807, 2.05) is 79.8 Å². The number of ether oxygens (including phenoxy) is 2. The van der Waals surface area contributed by atoms with Gasteiger partial charge >= 0.3 is 11.9 Å². The molecule has 4 aromatic rings. The van der Waals surface area contributed by atoms with Crippen molar-refractivity contribution in [2.45, 2.75) is 57.6 Å². The summed E-state index contributed by atoms with van der Waals surface area (Å²) < 4.78 is 13.6. The maximum Gasteiger partial charge on any atom is 0.339 e. The molecule has 2 unspecified atom stereocenters. The van der Waals surface area contributed by atoms with Crippen LogP contribution < -0.4 is 5.73 Å². The average Bonchev–Trinajstić information content (AvgIpc) is 3.28. The number of halogens is 1. The highest BCUT2D eigenvalue weighted by atomic mass is 79.9. The van der Waals surface area contributed by atoms with E-state index in [2.05, 4.69) is 15.9 Å². The fourth-order valence-corrected chi connectivity index (χ4v) is 5.65. The number of hydrogen-bond acceptors (Lipinski definition) is 6. The molecule has 5 rings (SSSR count). The molecule has 2 N–H and O–H groups in total. The average molecular weight is 591 g/mol. The van der Waals surface area contributed by atoms with Gasteiger partial charge < -0.3 is 15.2 Å². The number of aromatic nitrogens is 2. The Morgan fingerprint density at radius 2 is 1.79 bits per heavy atom. The van der Waals surface area contributed by atoms with Crippen LogP contribution in [-0.4, -0.2) is 39.6 Å². The molecule has 1 aliphatic carbocycles. The zero-order valence-electron chi connectivity index (χ0n) is 22.5. The van der Waals surface area contributed by atoms with Gasteiger partial charge in [-0.2, -0.15) is 0 Å². The maximum absolute atomic E-state index is 13.3. The van der Waals surface area contributed by atoms with E-state index in [0.717, 1.165) is 34.5 Å². The molecule has 0 radical (unpaired) electrons. The Bertz CT molecular complexity index is 1540. The summed E-state index contributed by atoms with van der Waals surface area (Å²) in [6, 6.07) is 19.2. The predicted octanol–water partition coefficient (Wildman–Crippen LogP) is 6.31. The Kier molecular flexibility index (Phi) is 7.11. The van der Waals surface area contributed by atoms with Crippen molar-refractivity contribution in [3.05, 3.63) is 82.5 Å². The fourth-order valence-electron chi connectivity index (χ4n) is 5.13. The van der Waals surface area contributed by atoms with Crippen molar-refractivity contribution in [2.75, 3.05) is 6.61 Å². The summed E-state index contributed by atoms with van der Waals surface area (Å²) in [5.74, 6) is -0.683. The second-order valence-electron chi connectivity index (χ2n) is 10.9. The first-order chi connectivity index (χ1) is 18.5. The van der Waals surface area contributed by atoms with E-state index in [-0.39, 0.29) is 18.6 Å². The van der Waals surface area contributed by atoms with Gasteiger partial charge in [0.15, 0.2) is 5.65 Å². The molecule has 0 amide bonds. The first-order valence-corrected chi connectivity index (χ1v) is 13.9. The molecule has 7 nitrogen and oxygen atoms in total. The molecule has 0 aliphatic heterocycles. The number of nitrogens with zero attached hydrogens (tertiary/aromatic N) is 2. The molecule has 0 bridgehead atoms. The lowest BCUT2D eigenvalue weighted by Crippen LogP contribution is -2.60. The molecule has 39 heavy (non-hydrogen) atoms. The minimum atomic E-state index is -0.857. The van der Waals surface area contributed by atoms with Crippen LogP contribution in [0.3, 0.4) is 0 Å². The third-order valence-corrected chi connectivity index (χ3v) is 7.74. The number of hydrogen-bond donors (Lipinski definition) is 1. The van der Waals surface area contributed by atoms with Crippen molar-refractivity contribution in [1.82, 2.24) is 9.38 Å². The summed E-state index contributed by atoms with van der Waals surface area (Å²) in [5, 5.41) is 0. The molecule has 2 atom stereocenters. The van der Waals surface area contributed by atoms with Crippen LogP contribution in [0.1, 0.15) is 56.5 Å². The lowest BCUT2D eigenvalue weighted by atomic mass is 9.60. The van der Waals surface area contributed by atoms with Crippen LogP contribution in [-0.2, 0) is 19.7 Å². The monoisotopic (exact) mass is 589 g/mol. The summed E-state index contributed by atoms with van der Waals surface area (Å²) in [5.41, 5.74) is 10.3. The van der Waals surface area contributed by atoms with Gasteiger partial charge in [-0.05, 0) is 68.1 Å². The summed E-state index contributed by atoms with van der Waals surface area (Å²) in [6.45, 7) is 7.67. The van der Waals surface area contributed by atoms with Crippen LogP contribution in [0, 0.1) is 0 Å². The quantitative estimate of drug-likeness (QED) is 0.265. The first kappa shape index (κ1) is 27.1. The Balaban J connectivity index is 1.63. The molecule has 0 saturated heterocycles. The van der Waals surface area contributed by atoms with E-state index in [0.29, 0.717) is 22.1 Å². The topological polar surface area (TPSA) is 95.9 Å². The minimum Gasteiger partial charge on any atom is -0.462 e. The first-order valence-electron chi connectivity index (χ1n) is 13.1. The van der Waals surface area contributed by atoms with Gasteiger partial charge in [-0.15, -0.1) is 0 Å². The molecule has 202 valence electrons. The summed E-state index contributed by atoms with van der Waals surface area (Å²) in [6.07, 6.45) is 3.17. The molecule has 2 heterocycles. The predicted molar refractivity (Wildman–Crippen MR) is 154 cm³/mol. The lowest BCUT2D eigenvalue weighted by Gasteiger charge is -2.46. The molecular weight excluding hydrogens is 558 g/mol. The smallest absolute Gasteiger partial charge is 0.339 e. The summed E-state index contributed by atoms with van der Waals surface area (Å²) in [4.78, 5) is 30.8. The molecule has 1 aliphatic rings. The number of imidazole rings is 1. The SMILES string of the molecule is CCOC(=O)c1cc(Br)c2nc(-c3ccc(C4(C(=O)OC(C)(C)C)CCC4N)cc3)c(-c3ccccc3)n2c1. The van der Waals surface area contributed by atoms with Gasteiger partial charge in [0.25, 0.3) is 0 Å². The van der Waals surface area contributed by atoms with Crippen molar-refractivity contribution in [2.24, 2.45) is 5.73 Å². The Morgan fingerprint density at radius 3 is 2.36 bits per heavy atom. The zero-order chi connectivity index (χ0) is 27.9. The van der Waals surface area contributed by atoms with Gasteiger partial charge in [-0.25, -0.2) is 9.78 Å². The zero-order valence-corrected chi connectivity index (χ0v) is 24.1. The van der Waals surface area contributed by atoms with Gasteiger partial charge in [0.1, 0.15) is 11.0 Å². The minimum absolute atomic E-state index is 0.283. The highest BCUT2D eigenvalue weighted by Crippen LogP contribution is 2.45. The second kappa shape index (κ2) is 10.2. The molecule has 1 fully saturated rings. The normalized spacial score (nSPS) is 19.0. The van der Waals surface area contributed by atoms with Crippen molar-refractivity contribution in [3.8, 4) is 22.5 Å². The van der Waals surface area contributed by atoms with Crippen molar-refractivity contribution >= 4 is 33.5 Å². The summed E-state index contributed by atoms with van der Waals surface area (Å²) in [7, 11) is 0. The number of fused-ring (bicyclic) bond motifs is 1. The number of pyridine rings is 1. The number of rotatable bonds is 6. The van der Waals surface area contributed by atoms with Gasteiger partial charge in [-0.3, -0.25) is 9.20 Å². The lowest BCUT2D eigenvalue weighted by molar-refractivity contribution is -0.167. The molecule has 8 heteroatoms. The van der Waals surface area contributed by atoms with E-state index in [1.54, 1.807) is 19.2 Å². The highest BCUT2D eigenvalue weighted by molar-refractivity contribution is 9.10. The number of nitrogens with two attached hydrogens (primary N) is 1. The van der Waals surface area contributed by atoms with E-state index in [1.165, 1.54) is 0 Å². The van der Waals surface area contributed by atoms with Crippen molar-refractivity contribution < 1.29 is 19.1 Å². The van der Waals surface area contributed by atoms with Crippen molar-refractivity contribution in [3.63, 3.8) is 0 Å². The molecular formula is C31H32BrN3O4. The van der Waals surface area contributed by atoms with Crippen LogP contribution in [0.4, 0.5) is 0 Å². The van der Waals surface area contributed by atoms with Gasteiger partial charge in [0.2, 0.25) is 0 Å². The molecule has 2 aromatic heterocycles. The fraction of sp³-hybridized carbons (Fsp3) is 0.323. The number of esters is 2. The Hall–Kier alpha value is -3.49. The van der Waals surface area contributed by atoms with E-state index in [4.69, 9.17) is 20.2 Å². The second-order valence-corrected chi connectivity index (χ2v) is 11.7. The Labute approximate surface area is 236 Å². The largest absolute Gasteiger partial charge is 0.462 e. The molecule has 2 aromatic carbocycles. The third kappa shape index (κ3) is 4.87. The summed E-state index contributed by atoms with van der Waals surface area (Å²) >= 11 is 3.60. The van der Waals surface area contributed by atoms with Crippen LogP contribution in [0.5, 0.6) is 0 Å². The number of benzene rings is 2. The highest BCUT2D eigenvalue weighted by Gasteiger charge is 2.54. The van der Waals surface area contributed by atoms with Gasteiger partial charge in [0.05, 0.1) is 28.0 Å². The third-order valence-electron chi connectivity index (χ3n) is 7.15. The van der Waals surface area contributed by atoms with E-state index >= 15 is 0 Å². The van der Waals surface area contributed by atoms with Crippen molar-refractivity contribution in [1.29, 1.82) is 0 Å². The van der Waals surface area contributed by atoms with Gasteiger partial charge in [0, 0.05) is 23.4 Å². The van der Waals surface area contributed by atoms with Crippen LogP contribution in [0.25, 0.3) is 28.2 Å². The van der Waals surface area contributed by atoms with Crippen LogP contribution in [0.2, 0.25) is 0 Å². The van der Waals surface area contributed by atoms with Crippen LogP contribution >= 0.6 is 15.9 Å². The number of carbonyl (C=O) groups is 2.